The Morgan fingerprint density at radius 1 is 1.21 bits per heavy atom. The summed E-state index contributed by atoms with van der Waals surface area (Å²) < 4.78 is 15.5. The first-order chi connectivity index (χ1) is 9.20. The first-order valence-corrected chi connectivity index (χ1v) is 6.52. The molecule has 0 N–H and O–H groups in total. The number of alkyl halides is 1. The summed E-state index contributed by atoms with van der Waals surface area (Å²) in [5, 5.41) is 0. The van der Waals surface area contributed by atoms with Crippen molar-refractivity contribution in [2.75, 3.05) is 0 Å². The van der Waals surface area contributed by atoms with Crippen LogP contribution in [0.4, 0.5) is 4.39 Å². The Morgan fingerprint density at radius 3 is 2.63 bits per heavy atom. The molecule has 3 aromatic rings. The molecule has 2 heterocycles. The summed E-state index contributed by atoms with van der Waals surface area (Å²) in [7, 11) is 0. The molecule has 0 spiro atoms. The molecular weight excluding hydrogens is 263 g/mol. The quantitative estimate of drug-likeness (QED) is 0.641. The molecule has 0 bridgehead atoms. The average molecular weight is 275 g/mol. The SMILES string of the molecule is Cc1ccc(-c2nc3c(F)cccn3c2CCl)cc1. The summed E-state index contributed by atoms with van der Waals surface area (Å²) in [6, 6.07) is 11.0. The lowest BCUT2D eigenvalue weighted by atomic mass is 10.1. The third-order valence-corrected chi connectivity index (χ3v) is 3.41. The van der Waals surface area contributed by atoms with Gasteiger partial charge in [-0.05, 0) is 19.1 Å². The number of halogens is 2. The highest BCUT2D eigenvalue weighted by Crippen LogP contribution is 2.26. The highest BCUT2D eigenvalue weighted by Gasteiger charge is 2.15. The third kappa shape index (κ3) is 2.00. The van der Waals surface area contributed by atoms with Gasteiger partial charge in [0.25, 0.3) is 0 Å². The molecule has 0 amide bonds. The molecule has 0 aliphatic rings. The summed E-state index contributed by atoms with van der Waals surface area (Å²) in [6.45, 7) is 2.02. The van der Waals surface area contributed by atoms with Crippen LogP contribution in [0.2, 0.25) is 0 Å². The van der Waals surface area contributed by atoms with Gasteiger partial charge in [0.1, 0.15) is 0 Å². The minimum atomic E-state index is -0.341. The van der Waals surface area contributed by atoms with Crippen molar-refractivity contribution < 1.29 is 4.39 Å². The fourth-order valence-electron chi connectivity index (χ4n) is 2.15. The molecule has 0 saturated heterocycles. The Bertz CT molecular complexity index is 732. The predicted octanol–water partition coefficient (Wildman–Crippen LogP) is 4.19. The second kappa shape index (κ2) is 4.67. The van der Waals surface area contributed by atoms with Crippen LogP contribution in [0.5, 0.6) is 0 Å². The van der Waals surface area contributed by atoms with Gasteiger partial charge in [-0.2, -0.15) is 0 Å². The van der Waals surface area contributed by atoms with E-state index in [1.165, 1.54) is 11.6 Å². The zero-order valence-corrected chi connectivity index (χ0v) is 11.2. The highest BCUT2D eigenvalue weighted by atomic mass is 35.5. The van der Waals surface area contributed by atoms with Crippen LogP contribution in [-0.4, -0.2) is 9.38 Å². The summed E-state index contributed by atoms with van der Waals surface area (Å²) in [4.78, 5) is 4.39. The van der Waals surface area contributed by atoms with Gasteiger partial charge >= 0.3 is 0 Å². The van der Waals surface area contributed by atoms with E-state index in [1.807, 2.05) is 31.2 Å². The first kappa shape index (κ1) is 12.2. The van der Waals surface area contributed by atoms with Gasteiger partial charge in [0.05, 0.1) is 17.3 Å². The lowest BCUT2D eigenvalue weighted by Gasteiger charge is -2.02. The van der Waals surface area contributed by atoms with E-state index in [-0.39, 0.29) is 11.7 Å². The normalized spacial score (nSPS) is 11.1. The van der Waals surface area contributed by atoms with E-state index >= 15 is 0 Å². The monoisotopic (exact) mass is 274 g/mol. The minimum absolute atomic E-state index is 0.286. The van der Waals surface area contributed by atoms with Crippen molar-refractivity contribution in [3.63, 3.8) is 0 Å². The number of hydrogen-bond acceptors (Lipinski definition) is 1. The molecule has 0 saturated carbocycles. The van der Waals surface area contributed by atoms with Gasteiger partial charge in [0, 0.05) is 11.8 Å². The smallest absolute Gasteiger partial charge is 0.174 e. The Morgan fingerprint density at radius 2 is 1.95 bits per heavy atom. The van der Waals surface area contributed by atoms with E-state index in [0.717, 1.165) is 17.0 Å². The van der Waals surface area contributed by atoms with Gasteiger partial charge in [-0.1, -0.05) is 29.8 Å². The van der Waals surface area contributed by atoms with E-state index in [1.54, 1.807) is 16.7 Å². The van der Waals surface area contributed by atoms with Gasteiger partial charge in [-0.15, -0.1) is 11.6 Å². The zero-order valence-electron chi connectivity index (χ0n) is 10.4. The lowest BCUT2D eigenvalue weighted by molar-refractivity contribution is 0.629. The molecule has 4 heteroatoms. The third-order valence-electron chi connectivity index (χ3n) is 3.15. The number of hydrogen-bond donors (Lipinski definition) is 0. The molecule has 19 heavy (non-hydrogen) atoms. The molecule has 0 radical (unpaired) electrons. The van der Waals surface area contributed by atoms with Crippen LogP contribution in [0.25, 0.3) is 16.9 Å². The van der Waals surface area contributed by atoms with Gasteiger partial charge in [0.15, 0.2) is 11.5 Å². The van der Waals surface area contributed by atoms with Crippen LogP contribution in [0.1, 0.15) is 11.3 Å². The van der Waals surface area contributed by atoms with Crippen molar-refractivity contribution in [1.82, 2.24) is 9.38 Å². The molecule has 0 aliphatic carbocycles. The fourth-order valence-corrected chi connectivity index (χ4v) is 2.41. The Labute approximate surface area is 115 Å². The topological polar surface area (TPSA) is 17.3 Å². The number of aromatic nitrogens is 2. The average Bonchev–Trinajstić information content (AvgIpc) is 2.79. The van der Waals surface area contributed by atoms with Crippen molar-refractivity contribution >= 4 is 17.2 Å². The summed E-state index contributed by atoms with van der Waals surface area (Å²) in [5.41, 5.74) is 3.98. The lowest BCUT2D eigenvalue weighted by Crippen LogP contribution is -1.92. The van der Waals surface area contributed by atoms with E-state index < -0.39 is 0 Å². The van der Waals surface area contributed by atoms with Crippen molar-refractivity contribution in [3.05, 3.63) is 59.7 Å². The second-order valence-corrected chi connectivity index (χ2v) is 4.72. The molecule has 96 valence electrons. The van der Waals surface area contributed by atoms with E-state index in [4.69, 9.17) is 11.6 Å². The Balaban J connectivity index is 2.29. The molecule has 1 aromatic carbocycles. The van der Waals surface area contributed by atoms with Crippen LogP contribution >= 0.6 is 11.6 Å². The van der Waals surface area contributed by atoms with Crippen molar-refractivity contribution in [2.24, 2.45) is 0 Å². The largest absolute Gasteiger partial charge is 0.300 e. The number of aryl methyl sites for hydroxylation is 1. The predicted molar refractivity (Wildman–Crippen MR) is 74.9 cm³/mol. The molecule has 2 aromatic heterocycles. The number of benzene rings is 1. The van der Waals surface area contributed by atoms with Gasteiger partial charge < -0.3 is 0 Å². The van der Waals surface area contributed by atoms with Crippen LogP contribution in [0, 0.1) is 12.7 Å². The highest BCUT2D eigenvalue weighted by molar-refractivity contribution is 6.17. The van der Waals surface area contributed by atoms with E-state index in [2.05, 4.69) is 4.98 Å². The molecule has 0 aliphatic heterocycles. The van der Waals surface area contributed by atoms with E-state index in [0.29, 0.717) is 5.65 Å². The van der Waals surface area contributed by atoms with Gasteiger partial charge in [-0.25, -0.2) is 9.37 Å². The molecule has 2 nitrogen and oxygen atoms in total. The van der Waals surface area contributed by atoms with Gasteiger partial charge in [0.2, 0.25) is 0 Å². The fraction of sp³-hybridized carbons (Fsp3) is 0.133. The first-order valence-electron chi connectivity index (χ1n) is 5.99. The molecule has 0 atom stereocenters. The zero-order chi connectivity index (χ0) is 13.4. The molecule has 0 fully saturated rings. The number of fused-ring (bicyclic) bond motifs is 1. The standard InChI is InChI=1S/C15H12ClFN2/c1-10-4-6-11(7-5-10)14-13(9-16)19-8-2-3-12(17)15(19)18-14/h2-8H,9H2,1H3. The van der Waals surface area contributed by atoms with Crippen LogP contribution in [0.3, 0.4) is 0 Å². The second-order valence-electron chi connectivity index (χ2n) is 4.46. The van der Waals surface area contributed by atoms with Crippen LogP contribution < -0.4 is 0 Å². The van der Waals surface area contributed by atoms with Crippen LogP contribution in [-0.2, 0) is 5.88 Å². The summed E-state index contributed by atoms with van der Waals surface area (Å²) >= 11 is 6.00. The van der Waals surface area contributed by atoms with Crippen LogP contribution in [0.15, 0.2) is 42.6 Å². The molecule has 3 rings (SSSR count). The number of rotatable bonds is 2. The molecule has 0 unspecified atom stereocenters. The maximum atomic E-state index is 13.8. The van der Waals surface area contributed by atoms with Crippen molar-refractivity contribution in [3.8, 4) is 11.3 Å². The minimum Gasteiger partial charge on any atom is -0.300 e. The summed E-state index contributed by atoms with van der Waals surface area (Å²) in [6.07, 6.45) is 1.78. The molecular formula is C15H12ClFN2. The Hall–Kier alpha value is -1.87. The number of nitrogens with zero attached hydrogens (tertiary/aromatic N) is 2. The Kier molecular flexibility index (Phi) is 2.99. The number of pyridine rings is 1. The van der Waals surface area contributed by atoms with Gasteiger partial charge in [-0.3, -0.25) is 4.40 Å². The maximum absolute atomic E-state index is 13.8. The van der Waals surface area contributed by atoms with Crippen molar-refractivity contribution in [2.45, 2.75) is 12.8 Å². The summed E-state index contributed by atoms with van der Waals surface area (Å²) in [5.74, 6) is -0.0550. The maximum Gasteiger partial charge on any atom is 0.174 e. The number of imidazole rings is 1. The van der Waals surface area contributed by atoms with E-state index in [9.17, 15) is 4.39 Å². The van der Waals surface area contributed by atoms with Crippen molar-refractivity contribution in [1.29, 1.82) is 0 Å².